The molecule has 0 spiro atoms. The van der Waals surface area contributed by atoms with Crippen LogP contribution in [0.4, 0.5) is 0 Å². The smallest absolute Gasteiger partial charge is 0.166 e. The largest absolute Gasteiger partial charge is 0.513 e. The molecule has 1 atom stereocenters. The molecule has 0 bridgehead atoms. The fourth-order valence-corrected chi connectivity index (χ4v) is 1.54. The van der Waals surface area contributed by atoms with Crippen molar-refractivity contribution in [1.29, 1.82) is 0 Å². The highest BCUT2D eigenvalue weighted by Gasteiger charge is 2.28. The number of aliphatic hydroxyl groups excluding tert-OH is 1. The van der Waals surface area contributed by atoms with Crippen molar-refractivity contribution in [3.63, 3.8) is 0 Å². The van der Waals surface area contributed by atoms with Gasteiger partial charge in [0.2, 0.25) is 0 Å². The molecular formula is C10H14N4O. The number of aliphatic imine (C=N–C) groups is 2. The lowest BCUT2D eigenvalue weighted by Gasteiger charge is -2.23. The third-order valence-electron chi connectivity index (χ3n) is 2.25. The summed E-state index contributed by atoms with van der Waals surface area (Å²) in [5, 5.41) is 11.0. The molecule has 2 aliphatic rings. The van der Waals surface area contributed by atoms with Gasteiger partial charge < -0.3 is 5.11 Å². The van der Waals surface area contributed by atoms with Crippen LogP contribution in [0.25, 0.3) is 0 Å². The number of hydrogen-bond donors (Lipinski definition) is 2. The zero-order chi connectivity index (χ0) is 11.0. The maximum absolute atomic E-state index is 9.17. The first kappa shape index (κ1) is 9.92. The molecule has 0 saturated carbocycles. The first-order valence-corrected chi connectivity index (χ1v) is 4.81. The monoisotopic (exact) mass is 206 g/mol. The molecule has 2 N–H and O–H groups in total. The molecule has 80 valence electrons. The molecule has 0 saturated heterocycles. The maximum atomic E-state index is 9.17. The van der Waals surface area contributed by atoms with E-state index in [1.165, 1.54) is 0 Å². The van der Waals surface area contributed by atoms with Gasteiger partial charge in [-0.2, -0.15) is 0 Å². The zero-order valence-corrected chi connectivity index (χ0v) is 9.02. The van der Waals surface area contributed by atoms with Gasteiger partial charge in [-0.15, -0.1) is 0 Å². The van der Waals surface area contributed by atoms with Crippen LogP contribution in [0.2, 0.25) is 0 Å². The second-order valence-corrected chi connectivity index (χ2v) is 3.66. The van der Waals surface area contributed by atoms with Gasteiger partial charge in [0.15, 0.2) is 5.84 Å². The summed E-state index contributed by atoms with van der Waals surface area (Å²) >= 11 is 0. The third kappa shape index (κ3) is 1.78. The molecule has 0 aliphatic carbocycles. The first-order valence-electron chi connectivity index (χ1n) is 4.81. The van der Waals surface area contributed by atoms with Gasteiger partial charge in [-0.1, -0.05) is 0 Å². The van der Waals surface area contributed by atoms with Crippen LogP contribution in [-0.4, -0.2) is 27.8 Å². The van der Waals surface area contributed by atoms with Crippen molar-refractivity contribution in [2.45, 2.75) is 26.9 Å². The van der Waals surface area contributed by atoms with Crippen molar-refractivity contribution >= 4 is 11.5 Å². The molecule has 5 heteroatoms. The van der Waals surface area contributed by atoms with E-state index in [2.05, 4.69) is 15.4 Å². The second kappa shape index (κ2) is 3.51. The van der Waals surface area contributed by atoms with Crippen molar-refractivity contribution < 1.29 is 5.11 Å². The van der Waals surface area contributed by atoms with E-state index in [9.17, 15) is 0 Å². The van der Waals surface area contributed by atoms with Crippen LogP contribution in [0.5, 0.6) is 0 Å². The summed E-state index contributed by atoms with van der Waals surface area (Å²) in [7, 11) is 0. The van der Waals surface area contributed by atoms with Gasteiger partial charge in [-0.05, 0) is 26.8 Å². The molecule has 2 aliphatic heterocycles. The molecule has 0 aromatic carbocycles. The minimum absolute atomic E-state index is 0.211. The van der Waals surface area contributed by atoms with Gasteiger partial charge in [0.25, 0.3) is 0 Å². The van der Waals surface area contributed by atoms with Gasteiger partial charge in [0.05, 0.1) is 17.2 Å². The lowest BCUT2D eigenvalue weighted by molar-refractivity contribution is 0.369. The van der Waals surface area contributed by atoms with E-state index >= 15 is 0 Å². The molecule has 1 unspecified atom stereocenters. The Morgan fingerprint density at radius 3 is 2.93 bits per heavy atom. The lowest BCUT2D eigenvalue weighted by atomic mass is 10.3. The number of fused-ring (bicyclic) bond motifs is 1. The first-order chi connectivity index (χ1) is 7.08. The van der Waals surface area contributed by atoms with Crippen LogP contribution < -0.4 is 5.43 Å². The molecule has 0 amide bonds. The SMILES string of the molecule is CC1=CN=C(C)C2=NC(/C=C(/C)O)NN12. The fourth-order valence-electron chi connectivity index (χ4n) is 1.54. The van der Waals surface area contributed by atoms with Crippen LogP contribution in [-0.2, 0) is 0 Å². The summed E-state index contributed by atoms with van der Waals surface area (Å²) in [4.78, 5) is 8.63. The quantitative estimate of drug-likeness (QED) is 0.636. The molecule has 2 rings (SSSR count). The standard InChI is InChI=1S/C10H14N4O/c1-6-5-11-8(3)10-12-9(4-7(2)15)13-14(6)10/h4-5,9,13,15H,1-3H3/b7-4-. The van der Waals surface area contributed by atoms with E-state index in [1.54, 1.807) is 19.2 Å². The highest BCUT2D eigenvalue weighted by Crippen LogP contribution is 2.16. The summed E-state index contributed by atoms with van der Waals surface area (Å²) in [5.41, 5.74) is 5.01. The molecular weight excluding hydrogens is 192 g/mol. The summed E-state index contributed by atoms with van der Waals surface area (Å²) in [5.74, 6) is 1.07. The second-order valence-electron chi connectivity index (χ2n) is 3.66. The number of nitrogens with one attached hydrogen (secondary N) is 1. The van der Waals surface area contributed by atoms with E-state index in [4.69, 9.17) is 5.11 Å². The van der Waals surface area contributed by atoms with Gasteiger partial charge in [-0.25, -0.2) is 10.4 Å². The van der Waals surface area contributed by atoms with Gasteiger partial charge in [-0.3, -0.25) is 10.0 Å². The zero-order valence-electron chi connectivity index (χ0n) is 9.02. The molecule has 0 aromatic rings. The average Bonchev–Trinajstić information content (AvgIpc) is 2.55. The summed E-state index contributed by atoms with van der Waals surface area (Å²) < 4.78 is 0. The Bertz CT molecular complexity index is 402. The number of nitrogens with zero attached hydrogens (tertiary/aromatic N) is 3. The van der Waals surface area contributed by atoms with Crippen LogP contribution in [0.1, 0.15) is 20.8 Å². The Hall–Kier alpha value is -1.62. The summed E-state index contributed by atoms with van der Waals surface area (Å²) in [6, 6.07) is 0. The van der Waals surface area contributed by atoms with Crippen LogP contribution in [0.15, 0.2) is 33.7 Å². The third-order valence-corrected chi connectivity index (χ3v) is 2.25. The van der Waals surface area contributed by atoms with Crippen LogP contribution in [0.3, 0.4) is 0 Å². The van der Waals surface area contributed by atoms with Gasteiger partial charge >= 0.3 is 0 Å². The number of hydrazine groups is 1. The number of aliphatic hydroxyl groups is 1. The normalized spacial score (nSPS) is 25.8. The molecule has 15 heavy (non-hydrogen) atoms. The maximum Gasteiger partial charge on any atom is 0.166 e. The number of hydrogen-bond acceptors (Lipinski definition) is 5. The van der Waals surface area contributed by atoms with Crippen molar-refractivity contribution in [2.24, 2.45) is 9.98 Å². The van der Waals surface area contributed by atoms with Crippen LogP contribution >= 0.6 is 0 Å². The Labute approximate surface area is 88.5 Å². The number of allylic oxidation sites excluding steroid dienone is 2. The Kier molecular flexibility index (Phi) is 2.32. The van der Waals surface area contributed by atoms with Gasteiger partial charge in [0.1, 0.15) is 6.17 Å². The van der Waals surface area contributed by atoms with Crippen molar-refractivity contribution in [1.82, 2.24) is 10.4 Å². The minimum Gasteiger partial charge on any atom is -0.513 e. The predicted octanol–water partition coefficient (Wildman–Crippen LogP) is 1.33. The Balaban J connectivity index is 2.28. The molecule has 0 radical (unpaired) electrons. The van der Waals surface area contributed by atoms with Gasteiger partial charge in [0, 0.05) is 6.20 Å². The van der Waals surface area contributed by atoms with Crippen molar-refractivity contribution in [3.8, 4) is 0 Å². The average molecular weight is 206 g/mol. The van der Waals surface area contributed by atoms with E-state index in [0.29, 0.717) is 0 Å². The molecule has 5 nitrogen and oxygen atoms in total. The summed E-state index contributed by atoms with van der Waals surface area (Å²) in [6.45, 7) is 5.49. The van der Waals surface area contributed by atoms with E-state index in [-0.39, 0.29) is 11.9 Å². The molecule has 2 heterocycles. The van der Waals surface area contributed by atoms with Crippen molar-refractivity contribution in [2.75, 3.05) is 0 Å². The molecule has 0 fully saturated rings. The fraction of sp³-hybridized carbons (Fsp3) is 0.400. The van der Waals surface area contributed by atoms with Crippen molar-refractivity contribution in [3.05, 3.63) is 23.7 Å². The van der Waals surface area contributed by atoms with E-state index in [1.807, 2.05) is 18.9 Å². The Morgan fingerprint density at radius 2 is 2.33 bits per heavy atom. The predicted molar refractivity (Wildman–Crippen MR) is 59.4 cm³/mol. The Morgan fingerprint density at radius 1 is 1.60 bits per heavy atom. The topological polar surface area (TPSA) is 60.2 Å². The number of rotatable bonds is 1. The highest BCUT2D eigenvalue weighted by atomic mass is 16.3. The summed E-state index contributed by atoms with van der Waals surface area (Å²) in [6.07, 6.45) is 3.24. The highest BCUT2D eigenvalue weighted by molar-refractivity contribution is 6.41. The lowest BCUT2D eigenvalue weighted by Crippen LogP contribution is -2.42. The number of amidine groups is 1. The minimum atomic E-state index is -0.211. The van der Waals surface area contributed by atoms with E-state index < -0.39 is 0 Å². The molecule has 0 aromatic heterocycles. The van der Waals surface area contributed by atoms with E-state index in [0.717, 1.165) is 17.2 Å². The van der Waals surface area contributed by atoms with Crippen LogP contribution in [0, 0.1) is 0 Å².